The lowest BCUT2D eigenvalue weighted by Crippen LogP contribution is -2.30. The molecule has 0 amide bonds. The van der Waals surface area contributed by atoms with Gasteiger partial charge >= 0.3 is 0 Å². The molecule has 3 heterocycles. The SMILES string of the molecule is CCc1cc(NC(C)C2CCCO2)nc(-c2ccccn2)n1. The molecule has 0 aliphatic carbocycles. The minimum atomic E-state index is 0.235. The Labute approximate surface area is 131 Å². The minimum absolute atomic E-state index is 0.235. The number of nitrogens with zero attached hydrogens (tertiary/aromatic N) is 3. The highest BCUT2D eigenvalue weighted by molar-refractivity contribution is 5.53. The molecule has 5 nitrogen and oxygen atoms in total. The van der Waals surface area contributed by atoms with Gasteiger partial charge in [-0.1, -0.05) is 13.0 Å². The second-order valence-electron chi connectivity index (χ2n) is 5.62. The molecule has 3 rings (SSSR count). The average Bonchev–Trinajstić information content (AvgIpc) is 3.10. The van der Waals surface area contributed by atoms with E-state index in [1.54, 1.807) is 6.20 Å². The maximum Gasteiger partial charge on any atom is 0.180 e. The Bertz CT molecular complexity index is 611. The van der Waals surface area contributed by atoms with E-state index in [9.17, 15) is 0 Å². The summed E-state index contributed by atoms with van der Waals surface area (Å²) in [5.41, 5.74) is 1.81. The van der Waals surface area contributed by atoms with Crippen LogP contribution >= 0.6 is 0 Å². The number of anilines is 1. The van der Waals surface area contributed by atoms with Gasteiger partial charge in [0.1, 0.15) is 11.5 Å². The zero-order chi connectivity index (χ0) is 15.4. The van der Waals surface area contributed by atoms with Crippen LogP contribution in [0.15, 0.2) is 30.5 Å². The summed E-state index contributed by atoms with van der Waals surface area (Å²) in [5, 5.41) is 3.46. The Kier molecular flexibility index (Phi) is 4.63. The lowest BCUT2D eigenvalue weighted by Gasteiger charge is -2.21. The first-order valence-electron chi connectivity index (χ1n) is 7.93. The topological polar surface area (TPSA) is 59.9 Å². The van der Waals surface area contributed by atoms with E-state index in [-0.39, 0.29) is 12.1 Å². The molecule has 0 bridgehead atoms. The minimum Gasteiger partial charge on any atom is -0.376 e. The van der Waals surface area contributed by atoms with Crippen molar-refractivity contribution >= 4 is 5.82 Å². The fraction of sp³-hybridized carbons (Fsp3) is 0.471. The van der Waals surface area contributed by atoms with Crippen molar-refractivity contribution in [1.29, 1.82) is 0 Å². The highest BCUT2D eigenvalue weighted by Gasteiger charge is 2.22. The first-order valence-corrected chi connectivity index (χ1v) is 7.93. The molecule has 2 atom stereocenters. The van der Waals surface area contributed by atoms with Gasteiger partial charge in [0, 0.05) is 24.6 Å². The van der Waals surface area contributed by atoms with Crippen LogP contribution in [-0.2, 0) is 11.2 Å². The Hall–Kier alpha value is -2.01. The van der Waals surface area contributed by atoms with Crippen molar-refractivity contribution in [2.24, 2.45) is 0 Å². The largest absolute Gasteiger partial charge is 0.376 e. The van der Waals surface area contributed by atoms with Crippen LogP contribution in [0.1, 0.15) is 32.4 Å². The molecule has 2 unspecified atom stereocenters. The van der Waals surface area contributed by atoms with Crippen molar-refractivity contribution in [1.82, 2.24) is 15.0 Å². The van der Waals surface area contributed by atoms with Gasteiger partial charge in [0.25, 0.3) is 0 Å². The van der Waals surface area contributed by atoms with E-state index in [1.807, 2.05) is 24.3 Å². The van der Waals surface area contributed by atoms with Crippen molar-refractivity contribution in [3.63, 3.8) is 0 Å². The smallest absolute Gasteiger partial charge is 0.180 e. The summed E-state index contributed by atoms with van der Waals surface area (Å²) >= 11 is 0. The summed E-state index contributed by atoms with van der Waals surface area (Å²) in [6.45, 7) is 5.10. The maximum atomic E-state index is 5.74. The van der Waals surface area contributed by atoms with E-state index in [2.05, 4.69) is 34.1 Å². The van der Waals surface area contributed by atoms with Crippen molar-refractivity contribution in [2.75, 3.05) is 11.9 Å². The summed E-state index contributed by atoms with van der Waals surface area (Å²) in [5.74, 6) is 1.51. The summed E-state index contributed by atoms with van der Waals surface area (Å²) in [7, 11) is 0. The Balaban J connectivity index is 1.84. The molecule has 0 radical (unpaired) electrons. The molecular weight excluding hydrogens is 276 g/mol. The summed E-state index contributed by atoms with van der Waals surface area (Å²) in [4.78, 5) is 13.5. The van der Waals surface area contributed by atoms with Gasteiger partial charge in [0.2, 0.25) is 0 Å². The second kappa shape index (κ2) is 6.83. The summed E-state index contributed by atoms with van der Waals surface area (Å²) in [6, 6.07) is 8.02. The third-order valence-corrected chi connectivity index (χ3v) is 3.93. The van der Waals surface area contributed by atoms with Crippen LogP contribution in [0, 0.1) is 0 Å². The first kappa shape index (κ1) is 14.9. The van der Waals surface area contributed by atoms with Gasteiger partial charge in [0.05, 0.1) is 12.1 Å². The van der Waals surface area contributed by atoms with Crippen LogP contribution in [0.5, 0.6) is 0 Å². The third kappa shape index (κ3) is 3.42. The van der Waals surface area contributed by atoms with Gasteiger partial charge in [0.15, 0.2) is 5.82 Å². The Morgan fingerprint density at radius 1 is 1.36 bits per heavy atom. The Morgan fingerprint density at radius 3 is 2.95 bits per heavy atom. The molecule has 0 aromatic carbocycles. The fourth-order valence-electron chi connectivity index (χ4n) is 2.69. The van der Waals surface area contributed by atoms with E-state index in [0.717, 1.165) is 43.1 Å². The number of hydrogen-bond donors (Lipinski definition) is 1. The van der Waals surface area contributed by atoms with E-state index in [4.69, 9.17) is 4.74 Å². The van der Waals surface area contributed by atoms with E-state index < -0.39 is 0 Å². The molecule has 2 aromatic heterocycles. The molecule has 1 saturated heterocycles. The van der Waals surface area contributed by atoms with Crippen LogP contribution in [-0.4, -0.2) is 33.7 Å². The predicted molar refractivity (Wildman–Crippen MR) is 86.7 cm³/mol. The molecular formula is C17H22N4O. The quantitative estimate of drug-likeness (QED) is 0.919. The van der Waals surface area contributed by atoms with Crippen molar-refractivity contribution in [3.8, 4) is 11.5 Å². The number of nitrogens with one attached hydrogen (secondary N) is 1. The zero-order valence-electron chi connectivity index (χ0n) is 13.1. The highest BCUT2D eigenvalue weighted by atomic mass is 16.5. The number of ether oxygens (including phenoxy) is 1. The van der Waals surface area contributed by atoms with Crippen LogP contribution in [0.3, 0.4) is 0 Å². The van der Waals surface area contributed by atoms with Crippen molar-refractivity contribution < 1.29 is 4.74 Å². The zero-order valence-corrected chi connectivity index (χ0v) is 13.1. The van der Waals surface area contributed by atoms with Gasteiger partial charge in [-0.25, -0.2) is 9.97 Å². The first-order chi connectivity index (χ1) is 10.8. The van der Waals surface area contributed by atoms with Crippen molar-refractivity contribution in [2.45, 2.75) is 45.3 Å². The van der Waals surface area contributed by atoms with Crippen LogP contribution < -0.4 is 5.32 Å². The molecule has 1 aliphatic heterocycles. The van der Waals surface area contributed by atoms with Crippen molar-refractivity contribution in [3.05, 3.63) is 36.2 Å². The molecule has 1 aliphatic rings. The monoisotopic (exact) mass is 298 g/mol. The van der Waals surface area contributed by atoms with Crippen LogP contribution in [0.2, 0.25) is 0 Å². The molecule has 1 N–H and O–H groups in total. The normalized spacial score (nSPS) is 19.1. The predicted octanol–water partition coefficient (Wildman–Crippen LogP) is 3.08. The number of aryl methyl sites for hydroxylation is 1. The number of aromatic nitrogens is 3. The molecule has 116 valence electrons. The molecule has 1 fully saturated rings. The van der Waals surface area contributed by atoms with Crippen LogP contribution in [0.4, 0.5) is 5.82 Å². The summed E-state index contributed by atoms with van der Waals surface area (Å²) < 4.78 is 5.74. The molecule has 0 spiro atoms. The second-order valence-corrected chi connectivity index (χ2v) is 5.62. The molecule has 2 aromatic rings. The number of hydrogen-bond acceptors (Lipinski definition) is 5. The van der Waals surface area contributed by atoms with Gasteiger partial charge in [-0.15, -0.1) is 0 Å². The van der Waals surface area contributed by atoms with Gasteiger partial charge in [-0.3, -0.25) is 4.98 Å². The van der Waals surface area contributed by atoms with E-state index >= 15 is 0 Å². The van der Waals surface area contributed by atoms with Gasteiger partial charge < -0.3 is 10.1 Å². The fourth-order valence-corrected chi connectivity index (χ4v) is 2.69. The number of pyridine rings is 1. The molecule has 5 heteroatoms. The van der Waals surface area contributed by atoms with Gasteiger partial charge in [-0.2, -0.15) is 0 Å². The highest BCUT2D eigenvalue weighted by Crippen LogP contribution is 2.20. The summed E-state index contributed by atoms with van der Waals surface area (Å²) in [6.07, 6.45) is 5.13. The molecule has 22 heavy (non-hydrogen) atoms. The Morgan fingerprint density at radius 2 is 2.27 bits per heavy atom. The third-order valence-electron chi connectivity index (χ3n) is 3.93. The lowest BCUT2D eigenvalue weighted by molar-refractivity contribution is 0.0995. The maximum absolute atomic E-state index is 5.74. The number of rotatable bonds is 5. The van der Waals surface area contributed by atoms with E-state index in [1.165, 1.54) is 0 Å². The van der Waals surface area contributed by atoms with E-state index in [0.29, 0.717) is 5.82 Å². The lowest BCUT2D eigenvalue weighted by atomic mass is 10.1. The average molecular weight is 298 g/mol. The molecule has 0 saturated carbocycles. The van der Waals surface area contributed by atoms with Gasteiger partial charge in [-0.05, 0) is 38.3 Å². The standard InChI is InChI=1S/C17H22N4O/c1-3-13-11-16(19-12(2)15-8-6-10-22-15)21-17(20-13)14-7-4-5-9-18-14/h4-5,7,9,11-12,15H,3,6,8,10H2,1-2H3,(H,19,20,21). The van der Waals surface area contributed by atoms with Crippen LogP contribution in [0.25, 0.3) is 11.5 Å².